The van der Waals surface area contributed by atoms with Crippen LogP contribution in [-0.4, -0.2) is 85.1 Å². The van der Waals surface area contributed by atoms with Crippen LogP contribution in [0.15, 0.2) is 38.5 Å². The second kappa shape index (κ2) is 21.1. The third-order valence-corrected chi connectivity index (χ3v) is 10.9. The molecule has 1 aliphatic heterocycles. The topological polar surface area (TPSA) is 117 Å². The van der Waals surface area contributed by atoms with Gasteiger partial charge in [-0.3, -0.25) is 9.59 Å². The molecule has 1 aromatic rings. The molecule has 0 spiro atoms. The van der Waals surface area contributed by atoms with Crippen LogP contribution in [0.2, 0.25) is 0 Å². The summed E-state index contributed by atoms with van der Waals surface area (Å²) in [6, 6.07) is 6.37. The van der Waals surface area contributed by atoms with E-state index >= 15 is 0 Å². The van der Waals surface area contributed by atoms with Gasteiger partial charge >= 0.3 is 159 Å². The van der Waals surface area contributed by atoms with E-state index in [4.69, 9.17) is 9.47 Å². The molecule has 0 bridgehead atoms. The number of carbonyl (C=O) groups is 3. The fourth-order valence-corrected chi connectivity index (χ4v) is 8.05. The minimum absolute atomic E-state index is 0.0273. The number of aliphatic hydroxyl groups excluding tert-OH is 1. The summed E-state index contributed by atoms with van der Waals surface area (Å²) in [5, 5.41) is 16.2. The van der Waals surface area contributed by atoms with Gasteiger partial charge in [0.15, 0.2) is 0 Å². The van der Waals surface area contributed by atoms with Crippen LogP contribution in [0.3, 0.4) is 0 Å². The van der Waals surface area contributed by atoms with Crippen molar-refractivity contribution in [2.24, 2.45) is 5.41 Å². The van der Waals surface area contributed by atoms with Gasteiger partial charge in [0.25, 0.3) is 0 Å². The molecule has 260 valence electrons. The zero-order valence-electron chi connectivity index (χ0n) is 28.5. The number of aliphatic hydroxyl groups is 1. The van der Waals surface area contributed by atoms with E-state index in [1.54, 1.807) is 11.8 Å². The average molecular weight is 773 g/mol. The molecule has 0 radical (unpaired) electrons. The molecule has 0 saturated carbocycles. The third-order valence-electron chi connectivity index (χ3n) is 7.68. The van der Waals surface area contributed by atoms with E-state index in [-0.39, 0.29) is 46.7 Å². The second-order valence-electron chi connectivity index (χ2n) is 12.6. The Morgan fingerprint density at radius 1 is 1.11 bits per heavy atom. The summed E-state index contributed by atoms with van der Waals surface area (Å²) in [6.07, 6.45) is 6.70. The summed E-state index contributed by atoms with van der Waals surface area (Å²) < 4.78 is 14.5. The normalized spacial score (nSPS) is 17.8. The molecule has 3 amide bonds. The van der Waals surface area contributed by atoms with Gasteiger partial charge in [0.2, 0.25) is 5.91 Å². The maximum absolute atomic E-state index is 13.8. The van der Waals surface area contributed by atoms with E-state index in [9.17, 15) is 19.5 Å². The second-order valence-corrected chi connectivity index (χ2v) is 16.5. The van der Waals surface area contributed by atoms with Crippen molar-refractivity contribution in [3.8, 4) is 0 Å². The molecule has 2 rings (SSSR count). The Balaban J connectivity index is 1.93. The Morgan fingerprint density at radius 3 is 2.41 bits per heavy atom. The first-order valence-corrected chi connectivity index (χ1v) is 19.8. The molecule has 1 saturated heterocycles. The summed E-state index contributed by atoms with van der Waals surface area (Å²) in [6.45, 7) is 15.6. The fourth-order valence-electron chi connectivity index (χ4n) is 5.19. The number of likely N-dealkylation sites (tertiary alicyclic amines) is 1. The standard InChI is InChI=1S/C35H55IN3O6S/c1-8-10-11-12-18-44-19-13-20-45-24-30(41)38-32(35(4,5)6)34(43)39-23-28(40)21-29(39)33(42)37-22-26-14-16-27(17-15-26)31(46-7)25(3)36-9-2/h9,14-17,28-29,32,40H,2,8,10-13,18-24H2,1,3-7H3,(H,37,42)(H,38,41)/q-1/b31-25-/t28-,29-,32+/m0/s1. The predicted octanol–water partition coefficient (Wildman–Crippen LogP) is 2.08. The molecular weight excluding hydrogens is 717 g/mol. The summed E-state index contributed by atoms with van der Waals surface area (Å²) in [4.78, 5) is 42.5. The SMILES string of the molecule is C=C[I-]/C(C)=C(\SC)c1ccc(CNC(=O)[C@@H]2C[C@H](O)CN2C(=O)[C@@H](NC(=O)COCCCOCCCCCC)C(C)(C)C)cc1. The first-order chi connectivity index (χ1) is 21.9. The van der Waals surface area contributed by atoms with Crippen LogP contribution in [0.25, 0.3) is 4.91 Å². The van der Waals surface area contributed by atoms with Crippen LogP contribution in [0.5, 0.6) is 0 Å². The van der Waals surface area contributed by atoms with Gasteiger partial charge in [0, 0.05) is 19.8 Å². The van der Waals surface area contributed by atoms with E-state index in [0.29, 0.717) is 26.2 Å². The number of β-amino-alcohol motifs (C(OH)–C–C–N with tert-alkyl or cyclic N) is 1. The number of carbonyl (C=O) groups excluding carboxylic acids is 3. The molecule has 0 unspecified atom stereocenters. The number of ether oxygens (including phenoxy) is 2. The Bertz CT molecular complexity index is 1150. The molecule has 11 heteroatoms. The number of rotatable bonds is 20. The van der Waals surface area contributed by atoms with Gasteiger partial charge in [-0.15, -0.1) is 0 Å². The van der Waals surface area contributed by atoms with Crippen LogP contribution in [0.4, 0.5) is 0 Å². The van der Waals surface area contributed by atoms with Crippen LogP contribution in [0.1, 0.15) is 84.3 Å². The van der Waals surface area contributed by atoms with Gasteiger partial charge in [0.1, 0.15) is 12.6 Å². The van der Waals surface area contributed by atoms with Crippen molar-refractivity contribution in [1.29, 1.82) is 0 Å². The van der Waals surface area contributed by atoms with Gasteiger partial charge < -0.3 is 19.9 Å². The monoisotopic (exact) mass is 772 g/mol. The van der Waals surface area contributed by atoms with E-state index in [2.05, 4.69) is 49.4 Å². The van der Waals surface area contributed by atoms with Crippen molar-refractivity contribution >= 4 is 34.4 Å². The van der Waals surface area contributed by atoms with Crippen LogP contribution >= 0.6 is 11.8 Å². The fraction of sp³-hybridized carbons (Fsp3) is 0.629. The number of unbranched alkanes of at least 4 members (excludes halogenated alkanes) is 3. The maximum atomic E-state index is 13.8. The van der Waals surface area contributed by atoms with E-state index < -0.39 is 35.4 Å². The van der Waals surface area contributed by atoms with Crippen molar-refractivity contribution in [3.05, 3.63) is 49.6 Å². The van der Waals surface area contributed by atoms with Crippen LogP contribution in [0, 0.1) is 5.41 Å². The van der Waals surface area contributed by atoms with Crippen molar-refractivity contribution in [2.45, 2.75) is 97.9 Å². The first-order valence-electron chi connectivity index (χ1n) is 16.2. The number of hydrogen-bond acceptors (Lipinski definition) is 7. The van der Waals surface area contributed by atoms with E-state index in [1.165, 1.54) is 32.6 Å². The van der Waals surface area contributed by atoms with Crippen LogP contribution in [-0.2, 0) is 30.4 Å². The molecule has 1 heterocycles. The van der Waals surface area contributed by atoms with Crippen molar-refractivity contribution in [1.82, 2.24) is 15.5 Å². The number of allylic oxidation sites excluding steroid dienone is 1. The zero-order valence-corrected chi connectivity index (χ0v) is 31.5. The quantitative estimate of drug-likeness (QED) is 0.137. The average Bonchev–Trinajstić information content (AvgIpc) is 3.41. The van der Waals surface area contributed by atoms with Gasteiger partial charge in [-0.05, 0) is 18.3 Å². The number of hydrogen-bond donors (Lipinski definition) is 3. The van der Waals surface area contributed by atoms with Gasteiger partial charge in [-0.2, -0.15) is 0 Å². The summed E-state index contributed by atoms with van der Waals surface area (Å²) in [7, 11) is 0. The summed E-state index contributed by atoms with van der Waals surface area (Å²) >= 11 is 1.53. The van der Waals surface area contributed by atoms with E-state index in [1.807, 2.05) is 37.0 Å². The molecule has 1 aromatic carbocycles. The molecule has 3 N–H and O–H groups in total. The Hall–Kier alpha value is -1.93. The van der Waals surface area contributed by atoms with E-state index in [0.717, 1.165) is 24.2 Å². The molecule has 3 atom stereocenters. The summed E-state index contributed by atoms with van der Waals surface area (Å²) in [5.41, 5.74) is 1.44. The van der Waals surface area contributed by atoms with Crippen molar-refractivity contribution < 1.29 is 50.2 Å². The molecule has 9 nitrogen and oxygen atoms in total. The number of nitrogens with zero attached hydrogens (tertiary/aromatic N) is 1. The molecule has 0 aliphatic carbocycles. The van der Waals surface area contributed by atoms with Gasteiger partial charge in [0.05, 0.1) is 0 Å². The molecule has 1 aliphatic rings. The number of halogens is 1. The molecule has 1 fully saturated rings. The Labute approximate surface area is 291 Å². The molecule has 0 aromatic heterocycles. The van der Waals surface area contributed by atoms with Crippen molar-refractivity contribution in [2.75, 3.05) is 39.2 Å². The predicted molar refractivity (Wildman–Crippen MR) is 183 cm³/mol. The number of nitrogens with one attached hydrogen (secondary N) is 2. The number of amides is 3. The first kappa shape index (κ1) is 40.2. The van der Waals surface area contributed by atoms with Gasteiger partial charge in [-0.1, -0.05) is 47.0 Å². The third kappa shape index (κ3) is 13.7. The number of thioether (sulfide) groups is 1. The van der Waals surface area contributed by atoms with Crippen molar-refractivity contribution in [3.63, 3.8) is 0 Å². The zero-order chi connectivity index (χ0) is 34.1. The summed E-state index contributed by atoms with van der Waals surface area (Å²) in [5.74, 6) is -1.13. The van der Waals surface area contributed by atoms with Crippen LogP contribution < -0.4 is 31.8 Å². The number of benzene rings is 1. The molecule has 46 heavy (non-hydrogen) atoms. The minimum atomic E-state index is -0.895. The molecular formula is C35H55IN3O6S-. The Morgan fingerprint density at radius 2 is 1.78 bits per heavy atom. The van der Waals surface area contributed by atoms with Gasteiger partial charge in [-0.25, -0.2) is 0 Å². The Kier molecular flexibility index (Phi) is 18.5.